The van der Waals surface area contributed by atoms with E-state index in [1.165, 1.54) is 11.5 Å². The first-order chi connectivity index (χ1) is 6.93. The monoisotopic (exact) mass is 203 g/mol. The number of aromatic nitrogens is 5. The van der Waals surface area contributed by atoms with Gasteiger partial charge in [0.2, 0.25) is 0 Å². The minimum Gasteiger partial charge on any atom is -0.336 e. The maximum absolute atomic E-state index is 4.32. The highest BCUT2D eigenvalue weighted by Crippen LogP contribution is 2.20. The fourth-order valence-electron chi connectivity index (χ4n) is 1.23. The van der Waals surface area contributed by atoms with Crippen LogP contribution < -0.4 is 0 Å². The largest absolute Gasteiger partial charge is 0.336 e. The van der Waals surface area contributed by atoms with Gasteiger partial charge in [0, 0.05) is 6.20 Å². The van der Waals surface area contributed by atoms with Gasteiger partial charge < -0.3 is 4.98 Å². The molecule has 0 atom stereocenters. The van der Waals surface area contributed by atoms with E-state index >= 15 is 0 Å². The number of nitrogens with zero attached hydrogens (tertiary/aromatic N) is 4. The van der Waals surface area contributed by atoms with Crippen LogP contribution in [0.5, 0.6) is 0 Å². The lowest BCUT2D eigenvalue weighted by Gasteiger charge is -1.83. The highest BCUT2D eigenvalue weighted by molar-refractivity contribution is 7.09. The number of aromatic amines is 1. The molecule has 0 radical (unpaired) electrons. The molecule has 0 saturated carbocycles. The predicted octanol–water partition coefficient (Wildman–Crippen LogP) is 1.48. The molecule has 14 heavy (non-hydrogen) atoms. The van der Waals surface area contributed by atoms with Gasteiger partial charge in [0.1, 0.15) is 4.88 Å². The van der Waals surface area contributed by atoms with E-state index in [4.69, 9.17) is 0 Å². The van der Waals surface area contributed by atoms with Crippen LogP contribution >= 0.6 is 11.5 Å². The first-order valence-electron chi connectivity index (χ1n) is 4.02. The Labute approximate surface area is 83.0 Å². The molecule has 1 N–H and O–H groups in total. The van der Waals surface area contributed by atoms with E-state index in [1.807, 2.05) is 12.1 Å². The summed E-state index contributed by atoms with van der Waals surface area (Å²) in [5.41, 5.74) is 1.65. The van der Waals surface area contributed by atoms with Crippen molar-refractivity contribution >= 4 is 22.7 Å². The SMILES string of the molecule is c1cnc2nc(-c3cnns3)[nH]c2c1. The van der Waals surface area contributed by atoms with Gasteiger partial charge in [-0.15, -0.1) is 5.10 Å². The summed E-state index contributed by atoms with van der Waals surface area (Å²) in [6.45, 7) is 0. The third kappa shape index (κ3) is 1.08. The Morgan fingerprint density at radius 2 is 2.36 bits per heavy atom. The van der Waals surface area contributed by atoms with Crippen LogP contribution in [-0.4, -0.2) is 24.5 Å². The van der Waals surface area contributed by atoms with Crippen LogP contribution in [0.25, 0.3) is 21.9 Å². The third-order valence-corrected chi connectivity index (χ3v) is 2.52. The normalized spacial score (nSPS) is 10.9. The standard InChI is InChI=1S/C8H5N5S/c1-2-5-7(9-3-1)12-8(11-5)6-4-10-13-14-6/h1-4H,(H,9,11,12). The lowest BCUT2D eigenvalue weighted by Crippen LogP contribution is -1.73. The van der Waals surface area contributed by atoms with Crippen molar-refractivity contribution < 1.29 is 0 Å². The van der Waals surface area contributed by atoms with Crippen molar-refractivity contribution in [1.29, 1.82) is 0 Å². The van der Waals surface area contributed by atoms with E-state index in [9.17, 15) is 0 Å². The smallest absolute Gasteiger partial charge is 0.178 e. The van der Waals surface area contributed by atoms with E-state index < -0.39 is 0 Å². The number of fused-ring (bicyclic) bond motifs is 1. The van der Waals surface area contributed by atoms with Gasteiger partial charge in [-0.3, -0.25) is 0 Å². The van der Waals surface area contributed by atoms with Crippen LogP contribution in [0, 0.1) is 0 Å². The summed E-state index contributed by atoms with van der Waals surface area (Å²) in [7, 11) is 0. The molecule has 6 heteroatoms. The molecule has 0 amide bonds. The predicted molar refractivity (Wildman–Crippen MR) is 52.8 cm³/mol. The highest BCUT2D eigenvalue weighted by atomic mass is 32.1. The molecule has 0 spiro atoms. The number of rotatable bonds is 1. The first kappa shape index (κ1) is 7.57. The second-order valence-electron chi connectivity index (χ2n) is 2.74. The van der Waals surface area contributed by atoms with Crippen LogP contribution in [0.3, 0.4) is 0 Å². The number of nitrogens with one attached hydrogen (secondary N) is 1. The zero-order chi connectivity index (χ0) is 9.38. The van der Waals surface area contributed by atoms with Gasteiger partial charge in [0.05, 0.1) is 11.7 Å². The summed E-state index contributed by atoms with van der Waals surface area (Å²) in [6.07, 6.45) is 3.40. The van der Waals surface area contributed by atoms with Gasteiger partial charge in [-0.25, -0.2) is 9.97 Å². The molecule has 3 heterocycles. The average molecular weight is 203 g/mol. The maximum Gasteiger partial charge on any atom is 0.178 e. The topological polar surface area (TPSA) is 67.3 Å². The summed E-state index contributed by atoms with van der Waals surface area (Å²) in [5.74, 6) is 0.772. The molecule has 0 aromatic carbocycles. The number of hydrogen-bond donors (Lipinski definition) is 1. The summed E-state index contributed by atoms with van der Waals surface area (Å²) in [4.78, 5) is 12.5. The zero-order valence-electron chi connectivity index (χ0n) is 7.01. The van der Waals surface area contributed by atoms with Crippen LogP contribution in [0.1, 0.15) is 0 Å². The average Bonchev–Trinajstić information content (AvgIpc) is 2.86. The Kier molecular flexibility index (Phi) is 1.54. The van der Waals surface area contributed by atoms with Crippen molar-refractivity contribution in [2.75, 3.05) is 0 Å². The fraction of sp³-hybridized carbons (Fsp3) is 0. The van der Waals surface area contributed by atoms with Gasteiger partial charge in [0.25, 0.3) is 0 Å². The van der Waals surface area contributed by atoms with Crippen molar-refractivity contribution in [2.24, 2.45) is 0 Å². The van der Waals surface area contributed by atoms with Crippen molar-refractivity contribution in [2.45, 2.75) is 0 Å². The first-order valence-corrected chi connectivity index (χ1v) is 4.79. The summed E-state index contributed by atoms with van der Waals surface area (Å²) < 4.78 is 3.78. The molecule has 0 fully saturated rings. The Bertz CT molecular complexity index is 523. The molecule has 68 valence electrons. The number of pyridine rings is 1. The summed E-state index contributed by atoms with van der Waals surface area (Å²) in [6, 6.07) is 3.81. The molecular weight excluding hydrogens is 198 g/mol. The third-order valence-electron chi connectivity index (χ3n) is 1.85. The van der Waals surface area contributed by atoms with Gasteiger partial charge in [-0.1, -0.05) is 4.49 Å². The second-order valence-corrected chi connectivity index (χ2v) is 3.53. The van der Waals surface area contributed by atoms with Crippen molar-refractivity contribution in [3.05, 3.63) is 24.5 Å². The van der Waals surface area contributed by atoms with Gasteiger partial charge in [-0.05, 0) is 23.7 Å². The summed E-state index contributed by atoms with van der Waals surface area (Å²) >= 11 is 1.31. The van der Waals surface area contributed by atoms with Crippen molar-refractivity contribution in [1.82, 2.24) is 24.5 Å². The molecule has 0 bridgehead atoms. The van der Waals surface area contributed by atoms with E-state index in [2.05, 4.69) is 24.5 Å². The van der Waals surface area contributed by atoms with Gasteiger partial charge >= 0.3 is 0 Å². The number of hydrogen-bond acceptors (Lipinski definition) is 5. The van der Waals surface area contributed by atoms with E-state index in [1.54, 1.807) is 12.4 Å². The molecule has 3 rings (SSSR count). The van der Waals surface area contributed by atoms with Gasteiger partial charge in [0.15, 0.2) is 11.5 Å². The Morgan fingerprint density at radius 1 is 1.36 bits per heavy atom. The van der Waals surface area contributed by atoms with E-state index in [-0.39, 0.29) is 0 Å². The van der Waals surface area contributed by atoms with E-state index in [0.29, 0.717) is 0 Å². The molecule has 0 unspecified atom stereocenters. The minimum absolute atomic E-state index is 0.718. The van der Waals surface area contributed by atoms with E-state index in [0.717, 1.165) is 21.9 Å². The number of imidazole rings is 1. The lowest BCUT2D eigenvalue weighted by atomic mass is 10.4. The fourth-order valence-corrected chi connectivity index (χ4v) is 1.69. The lowest BCUT2D eigenvalue weighted by molar-refractivity contribution is 1.15. The summed E-state index contributed by atoms with van der Waals surface area (Å²) in [5, 5.41) is 3.76. The maximum atomic E-state index is 4.32. The molecular formula is C8H5N5S. The molecule has 0 saturated heterocycles. The van der Waals surface area contributed by atoms with Gasteiger partial charge in [-0.2, -0.15) is 0 Å². The van der Waals surface area contributed by atoms with Crippen LogP contribution in [0.4, 0.5) is 0 Å². The molecule has 3 aromatic heterocycles. The minimum atomic E-state index is 0.718. The molecule has 0 aliphatic heterocycles. The van der Waals surface area contributed by atoms with Crippen molar-refractivity contribution in [3.8, 4) is 10.7 Å². The zero-order valence-corrected chi connectivity index (χ0v) is 7.82. The highest BCUT2D eigenvalue weighted by Gasteiger charge is 2.06. The Hall–Kier alpha value is -1.82. The van der Waals surface area contributed by atoms with Crippen LogP contribution in [0.15, 0.2) is 24.5 Å². The quantitative estimate of drug-likeness (QED) is 0.650. The molecule has 0 aliphatic carbocycles. The molecule has 5 nitrogen and oxygen atoms in total. The Balaban J connectivity index is 2.24. The van der Waals surface area contributed by atoms with Crippen LogP contribution in [-0.2, 0) is 0 Å². The second kappa shape index (κ2) is 2.85. The number of H-pyrrole nitrogens is 1. The van der Waals surface area contributed by atoms with Crippen LogP contribution in [0.2, 0.25) is 0 Å². The molecule has 0 aliphatic rings. The Morgan fingerprint density at radius 3 is 3.14 bits per heavy atom. The molecule has 3 aromatic rings. The van der Waals surface area contributed by atoms with Crippen molar-refractivity contribution in [3.63, 3.8) is 0 Å².